The number of ether oxygens (including phenoxy) is 1. The van der Waals surface area contributed by atoms with Crippen LogP contribution in [0.15, 0.2) is 33.7 Å². The zero-order chi connectivity index (χ0) is 12.4. The van der Waals surface area contributed by atoms with E-state index in [2.05, 4.69) is 39.4 Å². The van der Waals surface area contributed by atoms with Crippen molar-refractivity contribution in [1.29, 1.82) is 0 Å². The summed E-state index contributed by atoms with van der Waals surface area (Å²) in [6.45, 7) is 1.81. The van der Waals surface area contributed by atoms with Gasteiger partial charge in [-0.05, 0) is 43.5 Å². The van der Waals surface area contributed by atoms with Crippen molar-refractivity contribution >= 4 is 21.8 Å². The quantitative estimate of drug-likeness (QED) is 0.931. The molecule has 2 aliphatic rings. The van der Waals surface area contributed by atoms with Gasteiger partial charge in [0.2, 0.25) is 5.90 Å². The molecule has 1 N–H and O–H groups in total. The predicted octanol–water partition coefficient (Wildman–Crippen LogP) is 2.54. The van der Waals surface area contributed by atoms with Crippen LogP contribution in [0, 0.1) is 0 Å². The highest BCUT2D eigenvalue weighted by molar-refractivity contribution is 9.10. The maximum atomic E-state index is 5.73. The number of nitrogens with one attached hydrogen (secondary N) is 1. The summed E-state index contributed by atoms with van der Waals surface area (Å²) < 4.78 is 6.85. The molecule has 0 radical (unpaired) electrons. The van der Waals surface area contributed by atoms with Crippen LogP contribution in [0.3, 0.4) is 0 Å². The summed E-state index contributed by atoms with van der Waals surface area (Å²) >= 11 is 3.50. The van der Waals surface area contributed by atoms with Crippen molar-refractivity contribution in [3.63, 3.8) is 0 Å². The largest absolute Gasteiger partial charge is 0.478 e. The van der Waals surface area contributed by atoms with E-state index in [-0.39, 0.29) is 6.04 Å². The first-order valence-electron chi connectivity index (χ1n) is 6.49. The Morgan fingerprint density at radius 3 is 3.17 bits per heavy atom. The third kappa shape index (κ3) is 2.75. The van der Waals surface area contributed by atoms with E-state index in [1.807, 2.05) is 6.07 Å². The van der Waals surface area contributed by atoms with Gasteiger partial charge in [-0.15, -0.1) is 0 Å². The molecule has 2 unspecified atom stereocenters. The summed E-state index contributed by atoms with van der Waals surface area (Å²) in [5.74, 6) is 0.924. The lowest BCUT2D eigenvalue weighted by molar-refractivity contribution is 0.302. The summed E-state index contributed by atoms with van der Waals surface area (Å²) in [6, 6.07) is 9.05. The molecule has 3 nitrogen and oxygen atoms in total. The average Bonchev–Trinajstić information content (AvgIpc) is 2.98. The minimum atomic E-state index is 0.275. The van der Waals surface area contributed by atoms with Crippen molar-refractivity contribution in [3.8, 4) is 0 Å². The molecule has 0 aromatic heterocycles. The van der Waals surface area contributed by atoms with Crippen LogP contribution in [0.5, 0.6) is 0 Å². The lowest BCUT2D eigenvalue weighted by atomic mass is 10.1. The Bertz CT molecular complexity index is 455. The highest BCUT2D eigenvalue weighted by Gasteiger charge is 2.27. The van der Waals surface area contributed by atoms with Crippen molar-refractivity contribution in [1.82, 2.24) is 5.32 Å². The molecule has 2 heterocycles. The Morgan fingerprint density at radius 2 is 2.39 bits per heavy atom. The Balaban J connectivity index is 1.64. The van der Waals surface area contributed by atoms with Gasteiger partial charge in [0.25, 0.3) is 0 Å². The number of rotatable bonds is 3. The third-order valence-electron chi connectivity index (χ3n) is 3.45. The van der Waals surface area contributed by atoms with Gasteiger partial charge in [-0.2, -0.15) is 0 Å². The second-order valence-corrected chi connectivity index (χ2v) is 5.83. The summed E-state index contributed by atoms with van der Waals surface area (Å²) in [5.41, 5.74) is 1.31. The fraction of sp³-hybridized carbons (Fsp3) is 0.500. The monoisotopic (exact) mass is 308 g/mol. The topological polar surface area (TPSA) is 33.6 Å². The Labute approximate surface area is 116 Å². The molecule has 0 bridgehead atoms. The van der Waals surface area contributed by atoms with E-state index < -0.39 is 0 Å². The third-order valence-corrected chi connectivity index (χ3v) is 3.95. The second kappa shape index (κ2) is 5.41. The van der Waals surface area contributed by atoms with E-state index in [1.54, 1.807) is 0 Å². The van der Waals surface area contributed by atoms with E-state index >= 15 is 0 Å². The molecule has 96 valence electrons. The number of aliphatic imine (C=N–C) groups is 1. The van der Waals surface area contributed by atoms with Crippen LogP contribution in [0.4, 0.5) is 0 Å². The predicted molar refractivity (Wildman–Crippen MR) is 76.0 cm³/mol. The summed E-state index contributed by atoms with van der Waals surface area (Å²) in [6.07, 6.45) is 3.33. The molecule has 2 atom stereocenters. The Morgan fingerprint density at radius 1 is 1.44 bits per heavy atom. The van der Waals surface area contributed by atoms with Crippen LogP contribution in [-0.4, -0.2) is 31.1 Å². The summed E-state index contributed by atoms with van der Waals surface area (Å²) in [5, 5.41) is 3.43. The number of hydrogen-bond donors (Lipinski definition) is 1. The minimum Gasteiger partial charge on any atom is -0.478 e. The molecule has 18 heavy (non-hydrogen) atoms. The SMILES string of the molecule is Brc1cccc(CC2COC(C3CCCN3)=N2)c1. The Kier molecular flexibility index (Phi) is 3.66. The molecule has 0 aliphatic carbocycles. The minimum absolute atomic E-state index is 0.275. The second-order valence-electron chi connectivity index (χ2n) is 4.92. The van der Waals surface area contributed by atoms with Crippen LogP contribution in [0.1, 0.15) is 18.4 Å². The van der Waals surface area contributed by atoms with E-state index in [4.69, 9.17) is 9.73 Å². The maximum absolute atomic E-state index is 5.73. The first-order chi connectivity index (χ1) is 8.81. The van der Waals surface area contributed by atoms with Gasteiger partial charge in [0, 0.05) is 4.47 Å². The molecule has 1 saturated heterocycles. The highest BCUT2D eigenvalue weighted by Crippen LogP contribution is 2.19. The molecule has 1 fully saturated rings. The van der Waals surface area contributed by atoms with Gasteiger partial charge < -0.3 is 10.1 Å². The van der Waals surface area contributed by atoms with Gasteiger partial charge >= 0.3 is 0 Å². The lowest BCUT2D eigenvalue weighted by Gasteiger charge is -2.08. The van der Waals surface area contributed by atoms with Crippen molar-refractivity contribution in [2.24, 2.45) is 4.99 Å². The molecule has 2 aliphatic heterocycles. The van der Waals surface area contributed by atoms with Gasteiger partial charge in [-0.1, -0.05) is 28.1 Å². The van der Waals surface area contributed by atoms with Gasteiger partial charge in [0.1, 0.15) is 6.61 Å². The van der Waals surface area contributed by atoms with E-state index in [0.29, 0.717) is 6.04 Å². The molecule has 0 saturated carbocycles. The fourth-order valence-corrected chi connectivity index (χ4v) is 3.01. The number of hydrogen-bond acceptors (Lipinski definition) is 3. The van der Waals surface area contributed by atoms with E-state index in [0.717, 1.165) is 36.4 Å². The number of halogens is 1. The first kappa shape index (κ1) is 12.2. The number of benzene rings is 1. The van der Waals surface area contributed by atoms with E-state index in [1.165, 1.54) is 12.0 Å². The fourth-order valence-electron chi connectivity index (χ4n) is 2.56. The molecular formula is C14H17BrN2O. The zero-order valence-electron chi connectivity index (χ0n) is 10.2. The summed E-state index contributed by atoms with van der Waals surface area (Å²) in [7, 11) is 0. The molecule has 1 aromatic carbocycles. The molecule has 0 spiro atoms. The normalized spacial score (nSPS) is 27.1. The number of nitrogens with zero attached hydrogens (tertiary/aromatic N) is 1. The van der Waals surface area contributed by atoms with E-state index in [9.17, 15) is 0 Å². The molecular weight excluding hydrogens is 292 g/mol. The molecule has 3 rings (SSSR count). The van der Waals surface area contributed by atoms with Crippen LogP contribution in [-0.2, 0) is 11.2 Å². The average molecular weight is 309 g/mol. The summed E-state index contributed by atoms with van der Waals surface area (Å²) in [4.78, 5) is 4.71. The first-order valence-corrected chi connectivity index (χ1v) is 7.29. The van der Waals surface area contributed by atoms with Gasteiger partial charge in [0.15, 0.2) is 0 Å². The van der Waals surface area contributed by atoms with Crippen LogP contribution >= 0.6 is 15.9 Å². The zero-order valence-corrected chi connectivity index (χ0v) is 11.8. The van der Waals surface area contributed by atoms with Gasteiger partial charge in [0.05, 0.1) is 12.1 Å². The molecule has 1 aromatic rings. The van der Waals surface area contributed by atoms with Gasteiger partial charge in [-0.3, -0.25) is 0 Å². The van der Waals surface area contributed by atoms with Crippen LogP contribution in [0.25, 0.3) is 0 Å². The smallest absolute Gasteiger partial charge is 0.201 e. The Hall–Kier alpha value is -0.870. The molecule has 0 amide bonds. The van der Waals surface area contributed by atoms with Gasteiger partial charge in [-0.25, -0.2) is 4.99 Å². The van der Waals surface area contributed by atoms with Crippen molar-refractivity contribution < 1.29 is 4.74 Å². The maximum Gasteiger partial charge on any atom is 0.201 e. The van der Waals surface area contributed by atoms with Crippen molar-refractivity contribution in [2.45, 2.75) is 31.3 Å². The molecule has 4 heteroatoms. The van der Waals surface area contributed by atoms with Crippen molar-refractivity contribution in [2.75, 3.05) is 13.2 Å². The standard InChI is InChI=1S/C14H17BrN2O/c15-11-4-1-3-10(7-11)8-12-9-18-14(17-12)13-5-2-6-16-13/h1,3-4,7,12-13,16H,2,5-6,8-9H2. The van der Waals surface area contributed by atoms with Crippen molar-refractivity contribution in [3.05, 3.63) is 34.3 Å². The lowest BCUT2D eigenvalue weighted by Crippen LogP contribution is -2.30. The van der Waals surface area contributed by atoms with Crippen LogP contribution < -0.4 is 5.32 Å². The highest BCUT2D eigenvalue weighted by atomic mass is 79.9. The van der Waals surface area contributed by atoms with Crippen LogP contribution in [0.2, 0.25) is 0 Å².